The van der Waals surface area contributed by atoms with Gasteiger partial charge in [0.1, 0.15) is 6.61 Å². The lowest BCUT2D eigenvalue weighted by Crippen LogP contribution is -2.41. The zero-order valence-corrected chi connectivity index (χ0v) is 14.7. The van der Waals surface area contributed by atoms with Gasteiger partial charge in [-0.1, -0.05) is 20.8 Å². The van der Waals surface area contributed by atoms with Gasteiger partial charge in [-0.3, -0.25) is 0 Å². The average Bonchev–Trinajstić information content (AvgIpc) is 2.42. The maximum Gasteiger partial charge on any atom is 0.360 e. The summed E-state index contributed by atoms with van der Waals surface area (Å²) < 4.78 is 16.3. The standard InChI is InChI=1S/C15H25NO4Si/c1-15(2,3)21(5,6)20-11-10-19-12-8-7-9-16-13(12)14(17)18-4/h7-9H,10-11H2,1-6H3. The normalized spacial score (nSPS) is 12.1. The SMILES string of the molecule is COC(=O)c1ncccc1OCCO[Si](C)(C)C(C)(C)C. The first kappa shape index (κ1) is 17.6. The van der Waals surface area contributed by atoms with Crippen LogP contribution in [0.2, 0.25) is 18.1 Å². The Balaban J connectivity index is 2.56. The molecule has 0 spiro atoms. The molecule has 0 aromatic carbocycles. The molecule has 0 aliphatic carbocycles. The number of hydrogen-bond acceptors (Lipinski definition) is 5. The molecule has 0 saturated heterocycles. The van der Waals surface area contributed by atoms with Crippen LogP contribution in [0.15, 0.2) is 18.3 Å². The first-order chi connectivity index (χ1) is 9.69. The van der Waals surface area contributed by atoms with E-state index in [1.165, 1.54) is 13.3 Å². The van der Waals surface area contributed by atoms with Gasteiger partial charge in [0.25, 0.3) is 0 Å². The van der Waals surface area contributed by atoms with E-state index in [-0.39, 0.29) is 10.7 Å². The third-order valence-electron chi connectivity index (χ3n) is 3.76. The van der Waals surface area contributed by atoms with Crippen molar-refractivity contribution in [2.24, 2.45) is 0 Å². The Morgan fingerprint density at radius 2 is 1.95 bits per heavy atom. The van der Waals surface area contributed by atoms with Gasteiger partial charge in [-0.15, -0.1) is 0 Å². The fourth-order valence-corrected chi connectivity index (χ4v) is 2.45. The van der Waals surface area contributed by atoms with Crippen LogP contribution in [0, 0.1) is 0 Å². The van der Waals surface area contributed by atoms with Crippen molar-refractivity contribution in [2.75, 3.05) is 20.3 Å². The Morgan fingerprint density at radius 3 is 2.52 bits per heavy atom. The van der Waals surface area contributed by atoms with Gasteiger partial charge in [0, 0.05) is 6.20 Å². The number of esters is 1. The highest BCUT2D eigenvalue weighted by atomic mass is 28.4. The molecule has 0 fully saturated rings. The van der Waals surface area contributed by atoms with Gasteiger partial charge in [-0.25, -0.2) is 9.78 Å². The summed E-state index contributed by atoms with van der Waals surface area (Å²) >= 11 is 0. The minimum atomic E-state index is -1.77. The minimum absolute atomic E-state index is 0.165. The summed E-state index contributed by atoms with van der Waals surface area (Å²) in [7, 11) is -0.452. The number of ether oxygens (including phenoxy) is 2. The first-order valence-electron chi connectivity index (χ1n) is 6.99. The largest absolute Gasteiger partial charge is 0.489 e. The second kappa shape index (κ2) is 7.04. The van der Waals surface area contributed by atoms with E-state index >= 15 is 0 Å². The molecule has 0 aliphatic heterocycles. The molecule has 0 bridgehead atoms. The molecule has 1 rings (SSSR count). The van der Waals surface area contributed by atoms with Crippen LogP contribution < -0.4 is 4.74 Å². The molecule has 1 aromatic rings. The number of hydrogen-bond donors (Lipinski definition) is 0. The predicted molar refractivity (Wildman–Crippen MR) is 84.2 cm³/mol. The Bertz CT molecular complexity index is 483. The van der Waals surface area contributed by atoms with Crippen molar-refractivity contribution in [1.29, 1.82) is 0 Å². The lowest BCUT2D eigenvalue weighted by molar-refractivity contribution is 0.0587. The molecule has 0 N–H and O–H groups in total. The fourth-order valence-electron chi connectivity index (χ4n) is 1.42. The van der Waals surface area contributed by atoms with E-state index in [4.69, 9.17) is 9.16 Å². The summed E-state index contributed by atoms with van der Waals surface area (Å²) in [6.07, 6.45) is 1.53. The van der Waals surface area contributed by atoms with Gasteiger partial charge >= 0.3 is 5.97 Å². The molecule has 0 atom stereocenters. The lowest BCUT2D eigenvalue weighted by Gasteiger charge is -2.36. The van der Waals surface area contributed by atoms with Crippen molar-refractivity contribution in [2.45, 2.75) is 38.9 Å². The highest BCUT2D eigenvalue weighted by molar-refractivity contribution is 6.74. The van der Waals surface area contributed by atoms with Crippen molar-refractivity contribution >= 4 is 14.3 Å². The van der Waals surface area contributed by atoms with Crippen LogP contribution in [0.5, 0.6) is 5.75 Å². The van der Waals surface area contributed by atoms with E-state index in [0.29, 0.717) is 19.0 Å². The van der Waals surface area contributed by atoms with Gasteiger partial charge in [-0.2, -0.15) is 0 Å². The highest BCUT2D eigenvalue weighted by Crippen LogP contribution is 2.36. The molecule has 118 valence electrons. The lowest BCUT2D eigenvalue weighted by atomic mass is 10.2. The van der Waals surface area contributed by atoms with Crippen LogP contribution >= 0.6 is 0 Å². The van der Waals surface area contributed by atoms with Crippen molar-refractivity contribution in [1.82, 2.24) is 4.98 Å². The van der Waals surface area contributed by atoms with E-state index in [1.807, 2.05) is 0 Å². The minimum Gasteiger partial charge on any atom is -0.489 e. The Kier molecular flexibility index (Phi) is 5.92. The summed E-state index contributed by atoms with van der Waals surface area (Å²) in [4.78, 5) is 15.6. The summed E-state index contributed by atoms with van der Waals surface area (Å²) in [5, 5.41) is 0.165. The van der Waals surface area contributed by atoms with Gasteiger partial charge in [0.2, 0.25) is 0 Å². The van der Waals surface area contributed by atoms with E-state index in [1.54, 1.807) is 12.1 Å². The van der Waals surface area contributed by atoms with Gasteiger partial charge < -0.3 is 13.9 Å². The summed E-state index contributed by atoms with van der Waals surface area (Å²) in [6.45, 7) is 11.8. The molecule has 5 nitrogen and oxygen atoms in total. The average molecular weight is 311 g/mol. The highest BCUT2D eigenvalue weighted by Gasteiger charge is 2.36. The Labute approximate surface area is 127 Å². The van der Waals surface area contributed by atoms with Crippen LogP contribution in [0.1, 0.15) is 31.3 Å². The van der Waals surface area contributed by atoms with Crippen LogP contribution in [0.4, 0.5) is 0 Å². The van der Waals surface area contributed by atoms with Gasteiger partial charge in [0.05, 0.1) is 13.7 Å². The van der Waals surface area contributed by atoms with Crippen molar-refractivity contribution < 1.29 is 18.7 Å². The summed E-state index contributed by atoms with van der Waals surface area (Å²) in [6, 6.07) is 3.42. The van der Waals surface area contributed by atoms with E-state index in [2.05, 4.69) is 43.6 Å². The van der Waals surface area contributed by atoms with Gasteiger partial charge in [-0.05, 0) is 30.3 Å². The molecule has 0 amide bonds. The first-order valence-corrected chi connectivity index (χ1v) is 9.90. The maximum atomic E-state index is 11.6. The number of rotatable bonds is 6. The number of pyridine rings is 1. The van der Waals surface area contributed by atoms with Crippen LogP contribution in [0.25, 0.3) is 0 Å². The fraction of sp³-hybridized carbons (Fsp3) is 0.600. The second-order valence-corrected chi connectivity index (χ2v) is 11.1. The maximum absolute atomic E-state index is 11.6. The smallest absolute Gasteiger partial charge is 0.360 e. The number of aromatic nitrogens is 1. The molecule has 21 heavy (non-hydrogen) atoms. The number of carbonyl (C=O) groups is 1. The molecule has 1 heterocycles. The molecular formula is C15H25NO4Si. The molecule has 0 saturated carbocycles. The zero-order valence-electron chi connectivity index (χ0n) is 13.7. The predicted octanol–water partition coefficient (Wildman–Crippen LogP) is 3.27. The van der Waals surface area contributed by atoms with Gasteiger partial charge in [0.15, 0.2) is 19.8 Å². The van der Waals surface area contributed by atoms with Crippen LogP contribution in [-0.4, -0.2) is 39.6 Å². The summed E-state index contributed by atoms with van der Waals surface area (Å²) in [5.74, 6) is -0.0842. The van der Waals surface area contributed by atoms with Crippen molar-refractivity contribution in [3.63, 3.8) is 0 Å². The molecule has 0 unspecified atom stereocenters. The zero-order chi connectivity index (χ0) is 16.1. The molecule has 0 aliphatic rings. The van der Waals surface area contributed by atoms with E-state index in [9.17, 15) is 4.79 Å². The van der Waals surface area contributed by atoms with Crippen LogP contribution in [-0.2, 0) is 9.16 Å². The van der Waals surface area contributed by atoms with Crippen molar-refractivity contribution in [3.8, 4) is 5.75 Å². The molecular weight excluding hydrogens is 286 g/mol. The summed E-state index contributed by atoms with van der Waals surface area (Å²) in [5.41, 5.74) is 0.187. The third-order valence-corrected chi connectivity index (χ3v) is 8.30. The topological polar surface area (TPSA) is 57.7 Å². The van der Waals surface area contributed by atoms with E-state index < -0.39 is 14.3 Å². The monoisotopic (exact) mass is 311 g/mol. The number of nitrogens with zero attached hydrogens (tertiary/aromatic N) is 1. The Morgan fingerprint density at radius 1 is 1.29 bits per heavy atom. The quantitative estimate of drug-likeness (QED) is 0.458. The van der Waals surface area contributed by atoms with Crippen LogP contribution in [0.3, 0.4) is 0 Å². The molecule has 1 aromatic heterocycles. The number of methoxy groups -OCH3 is 1. The molecule has 0 radical (unpaired) electrons. The second-order valence-electron chi connectivity index (χ2n) is 6.30. The molecule has 6 heteroatoms. The number of carbonyl (C=O) groups excluding carboxylic acids is 1. The Hall–Kier alpha value is -1.40. The van der Waals surface area contributed by atoms with E-state index in [0.717, 1.165) is 0 Å². The van der Waals surface area contributed by atoms with Crippen molar-refractivity contribution in [3.05, 3.63) is 24.0 Å². The third kappa shape index (κ3) is 4.82.